The second-order valence-electron chi connectivity index (χ2n) is 11.2. The van der Waals surface area contributed by atoms with Crippen molar-refractivity contribution in [1.29, 1.82) is 0 Å². The fourth-order valence-electron chi connectivity index (χ4n) is 6.82. The zero-order chi connectivity index (χ0) is 28.1. The topological polar surface area (TPSA) is 31.0 Å². The fraction of sp³-hybridized carbons (Fsp3) is 0. The monoisotopic (exact) mass is 566 g/mol. The van der Waals surface area contributed by atoms with Gasteiger partial charge in [0.2, 0.25) is 0 Å². The van der Waals surface area contributed by atoms with E-state index in [0.29, 0.717) is 0 Å². The Kier molecular flexibility index (Phi) is 4.60. The van der Waals surface area contributed by atoms with Gasteiger partial charge in [-0.2, -0.15) is 0 Å². The maximum Gasteiger partial charge on any atom is 0.137 e. The first kappa shape index (κ1) is 23.1. The van der Waals surface area contributed by atoms with Crippen molar-refractivity contribution in [1.82, 2.24) is 9.55 Å². The van der Waals surface area contributed by atoms with Gasteiger partial charge in [-0.1, -0.05) is 72.8 Å². The Morgan fingerprint density at radius 1 is 0.535 bits per heavy atom. The highest BCUT2D eigenvalue weighted by Crippen LogP contribution is 2.41. The molecule has 10 aromatic rings. The van der Waals surface area contributed by atoms with E-state index in [-0.39, 0.29) is 0 Å². The standard InChI is InChI=1S/C39H22N2OS/c1-2-9-26-22-33-30(21-25(26)8-1)36-28-10-4-3-7-23(28)15-19-32(36)41(33)27-16-13-24(14-17-27)39-40-31-18-20-35-37(38(31)43-39)29-11-5-6-12-34(29)42-35/h1-22H. The number of hydrogen-bond acceptors (Lipinski definition) is 3. The van der Waals surface area contributed by atoms with Crippen LogP contribution in [0.4, 0.5) is 0 Å². The number of hydrogen-bond donors (Lipinski definition) is 0. The Morgan fingerprint density at radius 3 is 2.14 bits per heavy atom. The molecule has 10 rings (SSSR count). The minimum atomic E-state index is 0.908. The van der Waals surface area contributed by atoms with Gasteiger partial charge in [-0.25, -0.2) is 4.98 Å². The van der Waals surface area contributed by atoms with Gasteiger partial charge in [0.15, 0.2) is 0 Å². The molecule has 0 saturated heterocycles. The zero-order valence-electron chi connectivity index (χ0n) is 22.9. The van der Waals surface area contributed by atoms with Gasteiger partial charge in [0.1, 0.15) is 16.2 Å². The average Bonchev–Trinajstić information content (AvgIpc) is 3.75. The molecule has 43 heavy (non-hydrogen) atoms. The Labute approximate surface area is 249 Å². The summed E-state index contributed by atoms with van der Waals surface area (Å²) in [5.74, 6) is 0. The summed E-state index contributed by atoms with van der Waals surface area (Å²) in [6.45, 7) is 0. The molecule has 0 atom stereocenters. The number of para-hydroxylation sites is 1. The number of benzene rings is 7. The van der Waals surface area contributed by atoms with Crippen LogP contribution in [0.15, 0.2) is 138 Å². The molecule has 0 spiro atoms. The SMILES string of the molecule is c1ccc2cc3c(cc2c1)c1c2ccccc2ccc1n3-c1ccc(-c2nc3ccc4oc5ccccc5c4c3s2)cc1. The number of furan rings is 1. The van der Waals surface area contributed by atoms with Crippen LogP contribution in [0.2, 0.25) is 0 Å². The third-order valence-electron chi connectivity index (χ3n) is 8.79. The van der Waals surface area contributed by atoms with Crippen LogP contribution >= 0.6 is 11.3 Å². The van der Waals surface area contributed by atoms with Crippen LogP contribution in [-0.4, -0.2) is 9.55 Å². The summed E-state index contributed by atoms with van der Waals surface area (Å²) in [6, 6.07) is 47.8. The maximum absolute atomic E-state index is 6.13. The predicted molar refractivity (Wildman–Crippen MR) is 182 cm³/mol. The lowest BCUT2D eigenvalue weighted by molar-refractivity contribution is 0.669. The van der Waals surface area contributed by atoms with Crippen LogP contribution in [0.5, 0.6) is 0 Å². The summed E-state index contributed by atoms with van der Waals surface area (Å²) in [5.41, 5.74) is 7.50. The highest BCUT2D eigenvalue weighted by Gasteiger charge is 2.17. The minimum Gasteiger partial charge on any atom is -0.456 e. The molecule has 3 nitrogen and oxygen atoms in total. The van der Waals surface area contributed by atoms with Crippen molar-refractivity contribution in [3.05, 3.63) is 133 Å². The van der Waals surface area contributed by atoms with Gasteiger partial charge in [-0.05, 0) is 82.2 Å². The lowest BCUT2D eigenvalue weighted by atomic mass is 10.0. The van der Waals surface area contributed by atoms with Gasteiger partial charge in [0.25, 0.3) is 0 Å². The quantitative estimate of drug-likeness (QED) is 0.208. The van der Waals surface area contributed by atoms with E-state index in [4.69, 9.17) is 9.40 Å². The van der Waals surface area contributed by atoms with Crippen molar-refractivity contribution in [2.45, 2.75) is 0 Å². The molecule has 0 saturated carbocycles. The van der Waals surface area contributed by atoms with E-state index in [1.54, 1.807) is 11.3 Å². The van der Waals surface area contributed by atoms with E-state index in [1.165, 1.54) is 48.1 Å². The summed E-state index contributed by atoms with van der Waals surface area (Å²) >= 11 is 1.73. The predicted octanol–water partition coefficient (Wildman–Crippen LogP) is 11.3. The number of aromatic nitrogens is 2. The van der Waals surface area contributed by atoms with E-state index in [0.717, 1.165) is 43.7 Å². The second-order valence-corrected chi connectivity index (χ2v) is 12.2. The van der Waals surface area contributed by atoms with E-state index >= 15 is 0 Å². The molecule has 4 heteroatoms. The smallest absolute Gasteiger partial charge is 0.137 e. The Morgan fingerprint density at radius 2 is 1.28 bits per heavy atom. The fourth-order valence-corrected chi connectivity index (χ4v) is 7.94. The molecule has 7 aromatic carbocycles. The molecular formula is C39H22N2OS. The summed E-state index contributed by atoms with van der Waals surface area (Å²) < 4.78 is 9.71. The average molecular weight is 567 g/mol. The molecule has 0 fully saturated rings. The third kappa shape index (κ3) is 3.27. The van der Waals surface area contributed by atoms with Gasteiger partial charge in [-0.3, -0.25) is 0 Å². The molecule has 0 radical (unpaired) electrons. The first-order valence-corrected chi connectivity index (χ1v) is 15.3. The molecule has 0 N–H and O–H groups in total. The number of thiazole rings is 1. The van der Waals surface area contributed by atoms with Crippen LogP contribution in [0, 0.1) is 0 Å². The molecule has 0 amide bonds. The van der Waals surface area contributed by atoms with Gasteiger partial charge in [0.05, 0.1) is 21.3 Å². The Bertz CT molecular complexity index is 2730. The Balaban J connectivity index is 1.18. The van der Waals surface area contributed by atoms with E-state index in [9.17, 15) is 0 Å². The molecule has 0 unspecified atom stereocenters. The number of fused-ring (bicyclic) bond motifs is 11. The van der Waals surface area contributed by atoms with Gasteiger partial charge in [-0.15, -0.1) is 11.3 Å². The molecule has 0 aliphatic rings. The first-order valence-electron chi connectivity index (χ1n) is 14.5. The van der Waals surface area contributed by atoms with Crippen molar-refractivity contribution in [2.24, 2.45) is 0 Å². The van der Waals surface area contributed by atoms with Crippen LogP contribution in [0.1, 0.15) is 0 Å². The van der Waals surface area contributed by atoms with Crippen LogP contribution < -0.4 is 0 Å². The van der Waals surface area contributed by atoms with Gasteiger partial charge < -0.3 is 8.98 Å². The highest BCUT2D eigenvalue weighted by atomic mass is 32.1. The molecule has 3 aromatic heterocycles. The number of rotatable bonds is 2. The third-order valence-corrected chi connectivity index (χ3v) is 9.93. The van der Waals surface area contributed by atoms with Crippen LogP contribution in [-0.2, 0) is 0 Å². The van der Waals surface area contributed by atoms with Gasteiger partial charge in [0, 0.05) is 32.8 Å². The van der Waals surface area contributed by atoms with Gasteiger partial charge >= 0.3 is 0 Å². The largest absolute Gasteiger partial charge is 0.456 e. The number of nitrogens with zero attached hydrogens (tertiary/aromatic N) is 2. The van der Waals surface area contributed by atoms with E-state index in [2.05, 4.69) is 120 Å². The van der Waals surface area contributed by atoms with Crippen molar-refractivity contribution < 1.29 is 4.42 Å². The zero-order valence-corrected chi connectivity index (χ0v) is 23.7. The van der Waals surface area contributed by atoms with E-state index in [1.807, 2.05) is 18.2 Å². The van der Waals surface area contributed by atoms with Crippen molar-refractivity contribution in [3.63, 3.8) is 0 Å². The maximum atomic E-state index is 6.13. The van der Waals surface area contributed by atoms with Crippen LogP contribution in [0.3, 0.4) is 0 Å². The lowest BCUT2D eigenvalue weighted by Gasteiger charge is -2.09. The second kappa shape index (κ2) is 8.54. The molecule has 0 aliphatic heterocycles. The minimum absolute atomic E-state index is 0.908. The summed E-state index contributed by atoms with van der Waals surface area (Å²) in [6.07, 6.45) is 0. The Hall–Kier alpha value is -5.45. The van der Waals surface area contributed by atoms with Crippen molar-refractivity contribution >= 4 is 86.8 Å². The lowest BCUT2D eigenvalue weighted by Crippen LogP contribution is -1.94. The molecular weight excluding hydrogens is 545 g/mol. The summed E-state index contributed by atoms with van der Waals surface area (Å²) in [7, 11) is 0. The normalized spacial score (nSPS) is 12.2. The van der Waals surface area contributed by atoms with Crippen molar-refractivity contribution in [2.75, 3.05) is 0 Å². The molecule has 0 bridgehead atoms. The summed E-state index contributed by atoms with van der Waals surface area (Å²) in [4.78, 5) is 5.05. The molecule has 3 heterocycles. The molecule has 0 aliphatic carbocycles. The first-order chi connectivity index (χ1) is 21.3. The highest BCUT2D eigenvalue weighted by molar-refractivity contribution is 7.22. The molecule has 200 valence electrons. The van der Waals surface area contributed by atoms with E-state index < -0.39 is 0 Å². The van der Waals surface area contributed by atoms with Crippen molar-refractivity contribution in [3.8, 4) is 16.3 Å². The summed E-state index contributed by atoms with van der Waals surface area (Å²) in [5, 5.41) is 10.9. The van der Waals surface area contributed by atoms with Crippen LogP contribution in [0.25, 0.3) is 91.8 Å².